The Morgan fingerprint density at radius 1 is 1.04 bits per heavy atom. The first-order valence-electron chi connectivity index (χ1n) is 8.45. The summed E-state index contributed by atoms with van der Waals surface area (Å²) in [5.41, 5.74) is 3.24. The predicted molar refractivity (Wildman–Crippen MR) is 91.2 cm³/mol. The molecule has 1 aromatic carbocycles. The lowest BCUT2D eigenvalue weighted by Gasteiger charge is -2.28. The van der Waals surface area contributed by atoms with Gasteiger partial charge in [-0.15, -0.1) is 0 Å². The number of hydrogen-bond donors (Lipinski definition) is 0. The van der Waals surface area contributed by atoms with Crippen molar-refractivity contribution in [3.8, 4) is 11.1 Å². The lowest BCUT2D eigenvalue weighted by atomic mass is 9.97. The van der Waals surface area contributed by atoms with Gasteiger partial charge in [0.25, 0.3) is 11.5 Å². The summed E-state index contributed by atoms with van der Waals surface area (Å²) in [6.07, 6.45) is 1.69. The Morgan fingerprint density at radius 3 is 2.54 bits per heavy atom. The van der Waals surface area contributed by atoms with E-state index in [4.69, 9.17) is 4.74 Å². The highest BCUT2D eigenvalue weighted by Crippen LogP contribution is 2.29. The fourth-order valence-electron chi connectivity index (χ4n) is 3.62. The van der Waals surface area contributed by atoms with Crippen LogP contribution in [0.3, 0.4) is 0 Å². The van der Waals surface area contributed by atoms with Gasteiger partial charge in [-0.1, -0.05) is 30.3 Å². The zero-order valence-electron chi connectivity index (χ0n) is 13.5. The number of morpholine rings is 1. The minimum Gasteiger partial charge on any atom is -0.378 e. The molecule has 1 saturated heterocycles. The molecule has 3 heterocycles. The van der Waals surface area contributed by atoms with Crippen LogP contribution in [0, 0.1) is 0 Å². The Bertz CT molecular complexity index is 820. The molecule has 0 spiro atoms. The topological polar surface area (TPSA) is 51.5 Å². The molecular weight excluding hydrogens is 304 g/mol. The summed E-state index contributed by atoms with van der Waals surface area (Å²) in [6.45, 7) is 3.05. The molecule has 1 aromatic heterocycles. The number of benzene rings is 1. The summed E-state index contributed by atoms with van der Waals surface area (Å²) in [4.78, 5) is 27.5. The van der Waals surface area contributed by atoms with E-state index in [1.165, 1.54) is 0 Å². The first kappa shape index (κ1) is 15.1. The van der Waals surface area contributed by atoms with Gasteiger partial charge in [0.1, 0.15) is 0 Å². The van der Waals surface area contributed by atoms with Crippen molar-refractivity contribution in [3.63, 3.8) is 0 Å². The third-order valence-corrected chi connectivity index (χ3v) is 4.81. The van der Waals surface area contributed by atoms with E-state index in [0.29, 0.717) is 38.4 Å². The Labute approximate surface area is 140 Å². The molecule has 1 amide bonds. The van der Waals surface area contributed by atoms with Crippen LogP contribution in [0.15, 0.2) is 41.2 Å². The Balaban J connectivity index is 1.89. The fraction of sp³-hybridized carbons (Fsp3) is 0.368. The van der Waals surface area contributed by atoms with E-state index in [0.717, 1.165) is 29.7 Å². The highest BCUT2D eigenvalue weighted by molar-refractivity contribution is 6.02. The highest BCUT2D eigenvalue weighted by atomic mass is 16.5. The standard InChI is InChI=1S/C19H20N2O3/c22-17-13-15(14-5-2-1-3-6-14)18(16-7-4-8-21(16)17)19(23)20-9-11-24-12-10-20/h1-3,5-6,13H,4,7-12H2. The van der Waals surface area contributed by atoms with E-state index in [1.54, 1.807) is 10.6 Å². The van der Waals surface area contributed by atoms with E-state index in [9.17, 15) is 9.59 Å². The van der Waals surface area contributed by atoms with Crippen molar-refractivity contribution in [1.82, 2.24) is 9.47 Å². The van der Waals surface area contributed by atoms with Crippen LogP contribution in [0.2, 0.25) is 0 Å². The molecule has 1 fully saturated rings. The van der Waals surface area contributed by atoms with E-state index in [-0.39, 0.29) is 11.5 Å². The number of carbonyl (C=O) groups is 1. The van der Waals surface area contributed by atoms with Gasteiger partial charge in [0, 0.05) is 37.0 Å². The Kier molecular flexibility index (Phi) is 3.94. The van der Waals surface area contributed by atoms with Gasteiger partial charge in [0.15, 0.2) is 0 Å². The quantitative estimate of drug-likeness (QED) is 0.848. The number of nitrogens with zero attached hydrogens (tertiary/aromatic N) is 2. The SMILES string of the molecule is O=C(c1c(-c2ccccc2)cc(=O)n2c1CCC2)N1CCOCC1. The van der Waals surface area contributed by atoms with E-state index < -0.39 is 0 Å². The van der Waals surface area contributed by atoms with Crippen molar-refractivity contribution >= 4 is 5.91 Å². The maximum atomic E-state index is 13.2. The van der Waals surface area contributed by atoms with Crippen molar-refractivity contribution in [1.29, 1.82) is 0 Å². The van der Waals surface area contributed by atoms with Crippen LogP contribution in [-0.4, -0.2) is 41.7 Å². The van der Waals surface area contributed by atoms with Crippen molar-refractivity contribution in [2.24, 2.45) is 0 Å². The van der Waals surface area contributed by atoms with Gasteiger partial charge in [0.05, 0.1) is 18.8 Å². The van der Waals surface area contributed by atoms with E-state index in [2.05, 4.69) is 0 Å². The molecular formula is C19H20N2O3. The number of fused-ring (bicyclic) bond motifs is 1. The lowest BCUT2D eigenvalue weighted by molar-refractivity contribution is 0.0302. The summed E-state index contributed by atoms with van der Waals surface area (Å²) in [6, 6.07) is 11.3. The largest absolute Gasteiger partial charge is 0.378 e. The zero-order valence-corrected chi connectivity index (χ0v) is 13.5. The number of pyridine rings is 1. The molecule has 5 nitrogen and oxygen atoms in total. The summed E-state index contributed by atoms with van der Waals surface area (Å²) < 4.78 is 7.13. The van der Waals surface area contributed by atoms with Gasteiger partial charge in [-0.05, 0) is 18.4 Å². The minimum absolute atomic E-state index is 0.0140. The third kappa shape index (κ3) is 2.55. The maximum Gasteiger partial charge on any atom is 0.256 e. The summed E-state index contributed by atoms with van der Waals surface area (Å²) in [5.74, 6) is 0.0165. The first-order chi connectivity index (χ1) is 11.8. The molecule has 0 unspecified atom stereocenters. The molecule has 0 aliphatic carbocycles. The molecule has 0 atom stereocenters. The molecule has 0 bridgehead atoms. The van der Waals surface area contributed by atoms with Crippen LogP contribution >= 0.6 is 0 Å². The highest BCUT2D eigenvalue weighted by Gasteiger charge is 2.28. The molecule has 0 saturated carbocycles. The Morgan fingerprint density at radius 2 is 1.79 bits per heavy atom. The van der Waals surface area contributed by atoms with Crippen LogP contribution in [0.4, 0.5) is 0 Å². The van der Waals surface area contributed by atoms with Crippen molar-refractivity contribution in [3.05, 3.63) is 58.0 Å². The van der Waals surface area contributed by atoms with Gasteiger partial charge in [0.2, 0.25) is 0 Å². The second-order valence-electron chi connectivity index (χ2n) is 6.24. The maximum absolute atomic E-state index is 13.2. The van der Waals surface area contributed by atoms with E-state index >= 15 is 0 Å². The van der Waals surface area contributed by atoms with Crippen LogP contribution in [0.1, 0.15) is 22.5 Å². The van der Waals surface area contributed by atoms with Gasteiger partial charge < -0.3 is 14.2 Å². The molecule has 4 rings (SSSR count). The van der Waals surface area contributed by atoms with Crippen LogP contribution in [0.25, 0.3) is 11.1 Å². The minimum atomic E-state index is -0.0140. The second-order valence-corrected chi connectivity index (χ2v) is 6.24. The number of amides is 1. The fourth-order valence-corrected chi connectivity index (χ4v) is 3.62. The first-order valence-corrected chi connectivity index (χ1v) is 8.45. The van der Waals surface area contributed by atoms with Crippen LogP contribution in [0.5, 0.6) is 0 Å². The number of carbonyl (C=O) groups excluding carboxylic acids is 1. The lowest BCUT2D eigenvalue weighted by Crippen LogP contribution is -2.41. The summed E-state index contributed by atoms with van der Waals surface area (Å²) in [7, 11) is 0. The van der Waals surface area contributed by atoms with E-state index in [1.807, 2.05) is 35.2 Å². The zero-order chi connectivity index (χ0) is 16.5. The molecule has 0 N–H and O–H groups in total. The molecule has 124 valence electrons. The normalized spacial score (nSPS) is 16.9. The molecule has 0 radical (unpaired) electrons. The predicted octanol–water partition coefficient (Wildman–Crippen LogP) is 1.93. The number of rotatable bonds is 2. The molecule has 2 aliphatic rings. The van der Waals surface area contributed by atoms with Gasteiger partial charge in [-0.2, -0.15) is 0 Å². The molecule has 24 heavy (non-hydrogen) atoms. The van der Waals surface area contributed by atoms with Crippen molar-refractivity contribution < 1.29 is 9.53 Å². The smallest absolute Gasteiger partial charge is 0.256 e. The molecule has 5 heteroatoms. The second kappa shape index (κ2) is 6.24. The average molecular weight is 324 g/mol. The van der Waals surface area contributed by atoms with Gasteiger partial charge in [-0.3, -0.25) is 9.59 Å². The monoisotopic (exact) mass is 324 g/mol. The summed E-state index contributed by atoms with van der Waals surface area (Å²) >= 11 is 0. The van der Waals surface area contributed by atoms with Crippen LogP contribution in [-0.2, 0) is 17.7 Å². The average Bonchev–Trinajstić information content (AvgIpc) is 3.13. The number of ether oxygens (including phenoxy) is 1. The number of hydrogen-bond acceptors (Lipinski definition) is 3. The molecule has 2 aromatic rings. The van der Waals surface area contributed by atoms with Gasteiger partial charge >= 0.3 is 0 Å². The van der Waals surface area contributed by atoms with Crippen molar-refractivity contribution in [2.75, 3.05) is 26.3 Å². The third-order valence-electron chi connectivity index (χ3n) is 4.81. The number of aromatic nitrogens is 1. The summed E-state index contributed by atoms with van der Waals surface area (Å²) in [5, 5.41) is 0. The van der Waals surface area contributed by atoms with Crippen molar-refractivity contribution in [2.45, 2.75) is 19.4 Å². The molecule has 2 aliphatic heterocycles. The Hall–Kier alpha value is -2.40. The van der Waals surface area contributed by atoms with Gasteiger partial charge in [-0.25, -0.2) is 0 Å². The van der Waals surface area contributed by atoms with Crippen LogP contribution < -0.4 is 5.56 Å².